The van der Waals surface area contributed by atoms with Crippen molar-refractivity contribution in [2.75, 3.05) is 6.61 Å². The number of nitrogens with one attached hydrogen (secondary N) is 1. The molecule has 0 atom stereocenters. The van der Waals surface area contributed by atoms with Gasteiger partial charge in [0, 0.05) is 19.2 Å². The summed E-state index contributed by atoms with van der Waals surface area (Å²) < 4.78 is 7.63. The summed E-state index contributed by atoms with van der Waals surface area (Å²) in [7, 11) is 0. The Bertz CT molecular complexity index is 647. The number of fused-ring (bicyclic) bond motifs is 1. The van der Waals surface area contributed by atoms with Gasteiger partial charge in [0.1, 0.15) is 11.0 Å². The predicted octanol–water partition coefficient (Wildman–Crippen LogP) is 1.67. The number of hydrogen-bond acceptors (Lipinski definition) is 4. The molecule has 7 heteroatoms. The summed E-state index contributed by atoms with van der Waals surface area (Å²) in [6.45, 7) is 2.77. The summed E-state index contributed by atoms with van der Waals surface area (Å²) in [6, 6.07) is 0. The van der Waals surface area contributed by atoms with Crippen molar-refractivity contribution in [3.63, 3.8) is 0 Å². The summed E-state index contributed by atoms with van der Waals surface area (Å²) in [6.07, 6.45) is 4.25. The van der Waals surface area contributed by atoms with Gasteiger partial charge in [-0.25, -0.2) is 4.98 Å². The Labute approximate surface area is 123 Å². The average Bonchev–Trinajstić information content (AvgIpc) is 2.68. The Hall–Kier alpha value is -1.38. The van der Waals surface area contributed by atoms with Gasteiger partial charge in [-0.15, -0.1) is 0 Å². The van der Waals surface area contributed by atoms with Crippen LogP contribution in [0.1, 0.15) is 19.8 Å². The molecule has 0 bridgehead atoms. The SMILES string of the molecule is CCOC(=O)CCCn1cc(I)c2nc[nH]c(=O)c21. The molecule has 0 unspecified atom stereocenters. The van der Waals surface area contributed by atoms with Crippen LogP contribution in [0.15, 0.2) is 17.3 Å². The van der Waals surface area contributed by atoms with Crippen molar-refractivity contribution in [2.24, 2.45) is 0 Å². The number of esters is 1. The summed E-state index contributed by atoms with van der Waals surface area (Å²) >= 11 is 2.15. The molecule has 0 saturated carbocycles. The Morgan fingerprint density at radius 1 is 1.58 bits per heavy atom. The van der Waals surface area contributed by atoms with Crippen LogP contribution in [0.2, 0.25) is 0 Å². The molecule has 2 heterocycles. The van der Waals surface area contributed by atoms with Crippen molar-refractivity contribution in [2.45, 2.75) is 26.3 Å². The van der Waals surface area contributed by atoms with Crippen molar-refractivity contribution < 1.29 is 9.53 Å². The largest absolute Gasteiger partial charge is 0.466 e. The second-order valence-corrected chi connectivity index (χ2v) is 5.17. The van der Waals surface area contributed by atoms with Crippen molar-refractivity contribution in [1.29, 1.82) is 0 Å². The summed E-state index contributed by atoms with van der Waals surface area (Å²) in [4.78, 5) is 29.8. The number of H-pyrrole nitrogens is 1. The molecule has 19 heavy (non-hydrogen) atoms. The number of halogens is 1. The second kappa shape index (κ2) is 6.18. The van der Waals surface area contributed by atoms with Gasteiger partial charge in [0.05, 0.1) is 16.5 Å². The molecule has 0 radical (unpaired) electrons. The minimum Gasteiger partial charge on any atom is -0.466 e. The third-order valence-corrected chi connectivity index (χ3v) is 3.49. The highest BCUT2D eigenvalue weighted by molar-refractivity contribution is 14.1. The molecule has 0 aliphatic heterocycles. The van der Waals surface area contributed by atoms with E-state index >= 15 is 0 Å². The van der Waals surface area contributed by atoms with Gasteiger partial charge < -0.3 is 14.3 Å². The Balaban J connectivity index is 2.13. The fraction of sp³-hybridized carbons (Fsp3) is 0.417. The van der Waals surface area contributed by atoms with E-state index < -0.39 is 0 Å². The molecule has 1 N–H and O–H groups in total. The zero-order chi connectivity index (χ0) is 13.8. The van der Waals surface area contributed by atoms with Gasteiger partial charge >= 0.3 is 5.97 Å². The molecular formula is C12H14IN3O3. The summed E-state index contributed by atoms with van der Waals surface area (Å²) in [5.41, 5.74) is 1.08. The van der Waals surface area contributed by atoms with E-state index in [2.05, 4.69) is 32.6 Å². The number of nitrogens with zero attached hydrogens (tertiary/aromatic N) is 2. The molecule has 0 saturated heterocycles. The number of aryl methyl sites for hydroxylation is 1. The molecule has 0 aromatic carbocycles. The zero-order valence-corrected chi connectivity index (χ0v) is 12.6. The first kappa shape index (κ1) is 14.0. The van der Waals surface area contributed by atoms with E-state index in [0.717, 1.165) is 3.57 Å². The van der Waals surface area contributed by atoms with E-state index in [1.54, 1.807) is 6.92 Å². The van der Waals surface area contributed by atoms with Crippen LogP contribution in [0.3, 0.4) is 0 Å². The molecular weight excluding hydrogens is 361 g/mol. The smallest absolute Gasteiger partial charge is 0.305 e. The van der Waals surface area contributed by atoms with Gasteiger partial charge in [0.2, 0.25) is 0 Å². The van der Waals surface area contributed by atoms with Gasteiger partial charge in [-0.2, -0.15) is 0 Å². The van der Waals surface area contributed by atoms with Crippen molar-refractivity contribution in [1.82, 2.24) is 14.5 Å². The zero-order valence-electron chi connectivity index (χ0n) is 10.5. The first-order chi connectivity index (χ1) is 9.13. The van der Waals surface area contributed by atoms with Gasteiger partial charge in [-0.3, -0.25) is 9.59 Å². The second-order valence-electron chi connectivity index (χ2n) is 4.01. The maximum Gasteiger partial charge on any atom is 0.305 e. The molecule has 0 fully saturated rings. The molecule has 102 valence electrons. The van der Waals surface area contributed by atoms with Crippen LogP contribution in [0.4, 0.5) is 0 Å². The number of ether oxygens (including phenoxy) is 1. The topological polar surface area (TPSA) is 77.0 Å². The summed E-state index contributed by atoms with van der Waals surface area (Å²) in [5, 5.41) is 0. The third-order valence-electron chi connectivity index (χ3n) is 2.70. The lowest BCUT2D eigenvalue weighted by molar-refractivity contribution is -0.143. The lowest BCUT2D eigenvalue weighted by Crippen LogP contribution is -2.12. The van der Waals surface area contributed by atoms with Crippen molar-refractivity contribution in [3.8, 4) is 0 Å². The van der Waals surface area contributed by atoms with E-state index in [0.29, 0.717) is 37.0 Å². The van der Waals surface area contributed by atoms with Crippen LogP contribution < -0.4 is 5.56 Å². The number of aromatic amines is 1. The van der Waals surface area contributed by atoms with Crippen LogP contribution in [0.25, 0.3) is 11.0 Å². The number of hydrogen-bond donors (Lipinski definition) is 1. The standard InChI is InChI=1S/C12H14IN3O3/c1-2-19-9(17)4-3-5-16-6-8(13)10-11(16)12(18)15-7-14-10/h6-7H,2-5H2,1H3,(H,14,15,18). The van der Waals surface area contributed by atoms with Gasteiger partial charge in [0.25, 0.3) is 5.56 Å². The Morgan fingerprint density at radius 3 is 3.11 bits per heavy atom. The fourth-order valence-electron chi connectivity index (χ4n) is 1.90. The lowest BCUT2D eigenvalue weighted by Gasteiger charge is -2.04. The highest BCUT2D eigenvalue weighted by atomic mass is 127. The maximum absolute atomic E-state index is 11.8. The highest BCUT2D eigenvalue weighted by Crippen LogP contribution is 2.18. The van der Waals surface area contributed by atoms with Crippen LogP contribution in [0.5, 0.6) is 0 Å². The fourth-order valence-corrected chi connectivity index (χ4v) is 2.63. The minimum absolute atomic E-state index is 0.163. The molecule has 2 aromatic rings. The lowest BCUT2D eigenvalue weighted by atomic mass is 10.3. The number of carbonyl (C=O) groups excluding carboxylic acids is 1. The highest BCUT2D eigenvalue weighted by Gasteiger charge is 2.11. The van der Waals surface area contributed by atoms with E-state index in [-0.39, 0.29) is 11.5 Å². The van der Waals surface area contributed by atoms with Crippen LogP contribution in [-0.4, -0.2) is 27.1 Å². The Morgan fingerprint density at radius 2 is 2.37 bits per heavy atom. The van der Waals surface area contributed by atoms with Crippen LogP contribution in [0, 0.1) is 3.57 Å². The van der Waals surface area contributed by atoms with Crippen molar-refractivity contribution in [3.05, 3.63) is 26.4 Å². The molecule has 0 amide bonds. The van der Waals surface area contributed by atoms with E-state index in [1.807, 2.05) is 10.8 Å². The third kappa shape index (κ3) is 3.14. The van der Waals surface area contributed by atoms with Crippen LogP contribution in [-0.2, 0) is 16.1 Å². The Kier molecular flexibility index (Phi) is 4.56. The molecule has 0 aliphatic carbocycles. The maximum atomic E-state index is 11.8. The van der Waals surface area contributed by atoms with E-state index in [1.165, 1.54) is 6.33 Å². The number of rotatable bonds is 5. The van der Waals surface area contributed by atoms with E-state index in [9.17, 15) is 9.59 Å². The monoisotopic (exact) mass is 375 g/mol. The average molecular weight is 375 g/mol. The quantitative estimate of drug-likeness (QED) is 0.637. The van der Waals surface area contributed by atoms with Gasteiger partial charge in [-0.1, -0.05) is 0 Å². The number of aromatic nitrogens is 3. The predicted molar refractivity (Wildman–Crippen MR) is 78.9 cm³/mol. The van der Waals surface area contributed by atoms with E-state index in [4.69, 9.17) is 4.74 Å². The molecule has 6 nitrogen and oxygen atoms in total. The first-order valence-electron chi connectivity index (χ1n) is 6.01. The normalized spacial score (nSPS) is 10.8. The number of carbonyl (C=O) groups is 1. The van der Waals surface area contributed by atoms with Gasteiger partial charge in [0.15, 0.2) is 0 Å². The molecule has 2 aromatic heterocycles. The summed E-state index contributed by atoms with van der Waals surface area (Å²) in [5.74, 6) is -0.208. The molecule has 0 spiro atoms. The first-order valence-corrected chi connectivity index (χ1v) is 7.09. The molecule has 2 rings (SSSR count). The molecule has 0 aliphatic rings. The van der Waals surface area contributed by atoms with Gasteiger partial charge in [-0.05, 0) is 35.9 Å². The minimum atomic E-state index is -0.208. The van der Waals surface area contributed by atoms with Crippen molar-refractivity contribution >= 4 is 39.6 Å². The van der Waals surface area contributed by atoms with Crippen LogP contribution >= 0.6 is 22.6 Å².